The lowest BCUT2D eigenvalue weighted by Crippen LogP contribution is -2.37. The number of amides is 1. The zero-order valence-electron chi connectivity index (χ0n) is 15.7. The molecule has 1 amide bonds. The van der Waals surface area contributed by atoms with Crippen molar-refractivity contribution in [3.05, 3.63) is 33.8 Å². The van der Waals surface area contributed by atoms with E-state index < -0.39 is 5.97 Å². The van der Waals surface area contributed by atoms with E-state index in [-0.39, 0.29) is 18.6 Å². The Morgan fingerprint density at radius 2 is 1.93 bits per heavy atom. The van der Waals surface area contributed by atoms with E-state index in [4.69, 9.17) is 17.0 Å². The Hall–Kier alpha value is -1.71. The van der Waals surface area contributed by atoms with Crippen LogP contribution in [0.25, 0.3) is 5.69 Å². The molecule has 1 fully saturated rings. The number of aromatic nitrogens is 2. The summed E-state index contributed by atoms with van der Waals surface area (Å²) in [5, 5.41) is 7.39. The second-order valence-electron chi connectivity index (χ2n) is 6.63. The number of rotatable bonds is 6. The Bertz CT molecular complexity index is 869. The standard InChI is InChI=1S/C19H23N3O3S3/c1-27-18-21-22(19(26)28-18)15-10-8-13(9-11-15)17(24)25-12-16(23)20-14-6-4-2-3-5-7-14/h8-11,14H,2-7,12H2,1H3,(H,20,23). The molecule has 0 bridgehead atoms. The second-order valence-corrected chi connectivity index (χ2v) is 9.30. The van der Waals surface area contributed by atoms with Crippen LogP contribution in [0.1, 0.15) is 48.9 Å². The summed E-state index contributed by atoms with van der Waals surface area (Å²) in [5.74, 6) is -0.760. The lowest BCUT2D eigenvalue weighted by Gasteiger charge is -2.16. The van der Waals surface area contributed by atoms with Gasteiger partial charge in [-0.2, -0.15) is 0 Å². The Morgan fingerprint density at radius 3 is 2.54 bits per heavy atom. The molecule has 0 saturated heterocycles. The van der Waals surface area contributed by atoms with E-state index in [1.54, 1.807) is 28.9 Å². The molecule has 1 N–H and O–H groups in total. The molecule has 1 heterocycles. The number of benzene rings is 1. The van der Waals surface area contributed by atoms with Gasteiger partial charge >= 0.3 is 5.97 Å². The van der Waals surface area contributed by atoms with Crippen LogP contribution in [0.3, 0.4) is 0 Å². The molecule has 1 saturated carbocycles. The normalized spacial score (nSPS) is 15.0. The minimum Gasteiger partial charge on any atom is -0.452 e. The number of nitrogens with zero attached hydrogens (tertiary/aromatic N) is 2. The maximum atomic E-state index is 12.2. The fourth-order valence-corrected chi connectivity index (χ4v) is 4.93. The number of ether oxygens (including phenoxy) is 1. The summed E-state index contributed by atoms with van der Waals surface area (Å²) in [6, 6.07) is 7.03. The van der Waals surface area contributed by atoms with Gasteiger partial charge in [-0.1, -0.05) is 48.8 Å². The molecule has 9 heteroatoms. The van der Waals surface area contributed by atoms with Crippen molar-refractivity contribution >= 4 is 47.2 Å². The molecule has 0 radical (unpaired) electrons. The van der Waals surface area contributed by atoms with Crippen molar-refractivity contribution in [3.63, 3.8) is 0 Å². The molecule has 1 aromatic carbocycles. The first kappa shape index (κ1) is 21.0. The molecule has 28 heavy (non-hydrogen) atoms. The topological polar surface area (TPSA) is 73.2 Å². The van der Waals surface area contributed by atoms with E-state index >= 15 is 0 Å². The molecule has 0 aliphatic heterocycles. The van der Waals surface area contributed by atoms with Crippen molar-refractivity contribution in [1.29, 1.82) is 0 Å². The van der Waals surface area contributed by atoms with Crippen LogP contribution in [0.15, 0.2) is 28.6 Å². The van der Waals surface area contributed by atoms with Gasteiger partial charge in [0.2, 0.25) is 0 Å². The Morgan fingerprint density at radius 1 is 1.25 bits per heavy atom. The highest BCUT2D eigenvalue weighted by Gasteiger charge is 2.16. The highest BCUT2D eigenvalue weighted by molar-refractivity contribution is 8.00. The molecular weight excluding hydrogens is 414 g/mol. The van der Waals surface area contributed by atoms with Crippen molar-refractivity contribution < 1.29 is 14.3 Å². The van der Waals surface area contributed by atoms with E-state index in [0.29, 0.717) is 9.52 Å². The minimum atomic E-state index is -0.519. The van der Waals surface area contributed by atoms with Crippen molar-refractivity contribution in [3.8, 4) is 5.69 Å². The molecule has 1 aliphatic carbocycles. The first-order valence-electron chi connectivity index (χ1n) is 9.28. The highest BCUT2D eigenvalue weighted by Crippen LogP contribution is 2.22. The van der Waals surface area contributed by atoms with Gasteiger partial charge in [0.05, 0.1) is 11.3 Å². The van der Waals surface area contributed by atoms with Crippen LogP contribution < -0.4 is 5.32 Å². The summed E-state index contributed by atoms with van der Waals surface area (Å²) >= 11 is 8.30. The van der Waals surface area contributed by atoms with Crippen molar-refractivity contribution in [1.82, 2.24) is 15.1 Å². The monoisotopic (exact) mass is 437 g/mol. The third-order valence-corrected chi connectivity index (χ3v) is 6.81. The van der Waals surface area contributed by atoms with Gasteiger partial charge in [-0.15, -0.1) is 5.10 Å². The van der Waals surface area contributed by atoms with E-state index in [1.165, 1.54) is 35.9 Å². The number of hydrogen-bond acceptors (Lipinski definition) is 7. The van der Waals surface area contributed by atoms with Gasteiger partial charge in [-0.3, -0.25) is 4.79 Å². The average Bonchev–Trinajstić information content (AvgIpc) is 2.90. The molecule has 150 valence electrons. The SMILES string of the molecule is CSc1nn(-c2ccc(C(=O)OCC(=O)NC3CCCCCC3)cc2)c(=S)s1. The predicted octanol–water partition coefficient (Wildman–Crippen LogP) is 4.38. The van der Waals surface area contributed by atoms with E-state index in [9.17, 15) is 9.59 Å². The molecule has 6 nitrogen and oxygen atoms in total. The van der Waals surface area contributed by atoms with E-state index in [2.05, 4.69) is 10.4 Å². The van der Waals surface area contributed by atoms with Gasteiger partial charge in [0.1, 0.15) is 0 Å². The second kappa shape index (κ2) is 10.2. The van der Waals surface area contributed by atoms with E-state index in [1.807, 2.05) is 6.26 Å². The third-order valence-electron chi connectivity index (χ3n) is 4.61. The van der Waals surface area contributed by atoms with Gasteiger partial charge in [0.15, 0.2) is 14.9 Å². The lowest BCUT2D eigenvalue weighted by molar-refractivity contribution is -0.125. The Balaban J connectivity index is 1.53. The largest absolute Gasteiger partial charge is 0.452 e. The maximum Gasteiger partial charge on any atom is 0.338 e. The van der Waals surface area contributed by atoms with Crippen LogP contribution in [-0.4, -0.2) is 40.6 Å². The van der Waals surface area contributed by atoms with Crippen LogP contribution in [0.5, 0.6) is 0 Å². The maximum absolute atomic E-state index is 12.2. The van der Waals surface area contributed by atoms with Crippen LogP contribution in [0, 0.1) is 3.95 Å². The molecule has 0 atom stereocenters. The fraction of sp³-hybridized carbons (Fsp3) is 0.474. The first-order valence-corrected chi connectivity index (χ1v) is 11.7. The highest BCUT2D eigenvalue weighted by atomic mass is 32.2. The summed E-state index contributed by atoms with van der Waals surface area (Å²) in [4.78, 5) is 24.3. The zero-order chi connectivity index (χ0) is 19.9. The predicted molar refractivity (Wildman–Crippen MR) is 114 cm³/mol. The van der Waals surface area contributed by atoms with Crippen molar-refractivity contribution in [2.24, 2.45) is 0 Å². The minimum absolute atomic E-state index is 0.196. The lowest BCUT2D eigenvalue weighted by atomic mass is 10.1. The molecule has 0 spiro atoms. The van der Waals surface area contributed by atoms with Crippen molar-refractivity contribution in [2.75, 3.05) is 12.9 Å². The Labute approximate surface area is 177 Å². The number of esters is 1. The summed E-state index contributed by atoms with van der Waals surface area (Å²) in [6.45, 7) is -0.259. The zero-order valence-corrected chi connectivity index (χ0v) is 18.1. The quantitative estimate of drug-likeness (QED) is 0.313. The van der Waals surface area contributed by atoms with Gasteiger partial charge in [0.25, 0.3) is 5.91 Å². The molecule has 1 aromatic heterocycles. The van der Waals surface area contributed by atoms with Crippen molar-refractivity contribution in [2.45, 2.75) is 48.9 Å². The number of hydrogen-bond donors (Lipinski definition) is 1. The number of carbonyl (C=O) groups excluding carboxylic acids is 2. The fourth-order valence-electron chi connectivity index (χ4n) is 3.15. The number of nitrogens with one attached hydrogen (secondary N) is 1. The number of thioether (sulfide) groups is 1. The molecular formula is C19H23N3O3S3. The smallest absolute Gasteiger partial charge is 0.338 e. The molecule has 2 aromatic rings. The van der Waals surface area contributed by atoms with Crippen LogP contribution in [0.2, 0.25) is 0 Å². The van der Waals surface area contributed by atoms with Gasteiger partial charge in [-0.05, 0) is 55.6 Å². The summed E-state index contributed by atoms with van der Waals surface area (Å²) in [5.41, 5.74) is 1.17. The van der Waals surface area contributed by atoms with Crippen LogP contribution >= 0.6 is 35.3 Å². The van der Waals surface area contributed by atoms with Crippen LogP contribution in [-0.2, 0) is 9.53 Å². The van der Waals surface area contributed by atoms with Crippen LogP contribution in [0.4, 0.5) is 0 Å². The molecule has 0 unspecified atom stereocenters. The average molecular weight is 438 g/mol. The molecule has 3 rings (SSSR count). The van der Waals surface area contributed by atoms with Gasteiger partial charge < -0.3 is 10.1 Å². The third kappa shape index (κ3) is 5.65. The first-order chi connectivity index (χ1) is 13.6. The van der Waals surface area contributed by atoms with Gasteiger partial charge in [0, 0.05) is 6.04 Å². The van der Waals surface area contributed by atoms with E-state index in [0.717, 1.165) is 35.7 Å². The van der Waals surface area contributed by atoms with Gasteiger partial charge in [-0.25, -0.2) is 9.48 Å². The molecule has 1 aliphatic rings. The number of carbonyl (C=O) groups is 2. The Kier molecular flexibility index (Phi) is 7.64. The summed E-state index contributed by atoms with van der Waals surface area (Å²) in [7, 11) is 0. The summed E-state index contributed by atoms with van der Waals surface area (Å²) < 4.78 is 8.36. The summed E-state index contributed by atoms with van der Waals surface area (Å²) in [6.07, 6.45) is 8.67.